The van der Waals surface area contributed by atoms with E-state index in [9.17, 15) is 9.59 Å². The predicted octanol–water partition coefficient (Wildman–Crippen LogP) is 3.39. The van der Waals surface area contributed by atoms with E-state index in [0.717, 1.165) is 0 Å². The van der Waals surface area contributed by atoms with E-state index in [0.29, 0.717) is 66.0 Å². The lowest BCUT2D eigenvalue weighted by atomic mass is 9.82. The summed E-state index contributed by atoms with van der Waals surface area (Å²) >= 11 is 1.42. The van der Waals surface area contributed by atoms with Gasteiger partial charge >= 0.3 is 5.97 Å². The normalized spacial score (nSPS) is 17.1. The van der Waals surface area contributed by atoms with Gasteiger partial charge in [-0.2, -0.15) is 0 Å². The van der Waals surface area contributed by atoms with Gasteiger partial charge in [-0.15, -0.1) is 0 Å². The largest absolute Gasteiger partial charge is 0.497 e. The Balaban J connectivity index is 1.55. The first kappa shape index (κ1) is 21.4. The zero-order chi connectivity index (χ0) is 22.0. The van der Waals surface area contributed by atoms with Gasteiger partial charge in [0.25, 0.3) is 0 Å². The monoisotopic (exact) mass is 443 g/mol. The molecule has 8 nitrogen and oxygen atoms in total. The second-order valence-corrected chi connectivity index (χ2v) is 8.32. The van der Waals surface area contributed by atoms with E-state index in [1.54, 1.807) is 32.2 Å². The average molecular weight is 444 g/mol. The zero-order valence-electron chi connectivity index (χ0n) is 17.8. The van der Waals surface area contributed by atoms with Crippen molar-refractivity contribution < 1.29 is 23.8 Å². The van der Waals surface area contributed by atoms with Crippen LogP contribution in [0.2, 0.25) is 0 Å². The van der Waals surface area contributed by atoms with Gasteiger partial charge in [0, 0.05) is 32.1 Å². The molecule has 4 rings (SSSR count). The Morgan fingerprint density at radius 3 is 2.77 bits per heavy atom. The van der Waals surface area contributed by atoms with Gasteiger partial charge in [-0.3, -0.25) is 4.79 Å². The predicted molar refractivity (Wildman–Crippen MR) is 117 cm³/mol. The highest BCUT2D eigenvalue weighted by molar-refractivity contribution is 7.98. The number of carbonyl (C=O) groups excluding carboxylic acids is 2. The zero-order valence-corrected chi connectivity index (χ0v) is 18.7. The topological polar surface area (TPSA) is 90.9 Å². The van der Waals surface area contributed by atoms with Crippen LogP contribution in [-0.2, 0) is 4.74 Å². The molecule has 31 heavy (non-hydrogen) atoms. The number of ether oxygens (including phenoxy) is 3. The number of aromatic nitrogens is 2. The van der Waals surface area contributed by atoms with E-state index in [-0.39, 0.29) is 12.4 Å². The number of thioether (sulfide) groups is 1. The number of piperidine rings is 1. The Morgan fingerprint density at radius 2 is 2.10 bits per heavy atom. The number of Topliss-reactive ketones (excluding diaryl/α,β-unsaturated/α-hetero) is 1. The second kappa shape index (κ2) is 8.74. The van der Waals surface area contributed by atoms with Crippen molar-refractivity contribution in [2.75, 3.05) is 38.0 Å². The lowest BCUT2D eigenvalue weighted by Crippen LogP contribution is -2.51. The first-order valence-corrected chi connectivity index (χ1v) is 11.4. The Bertz CT molecular complexity index is 1000. The van der Waals surface area contributed by atoms with Crippen molar-refractivity contribution in [3.8, 4) is 11.5 Å². The third kappa shape index (κ3) is 4.19. The summed E-state index contributed by atoms with van der Waals surface area (Å²) in [7, 11) is 1.58. The summed E-state index contributed by atoms with van der Waals surface area (Å²) < 4.78 is 16.8. The summed E-state index contributed by atoms with van der Waals surface area (Å²) in [5.74, 6) is 1.44. The van der Waals surface area contributed by atoms with Gasteiger partial charge in [-0.1, -0.05) is 11.8 Å². The number of anilines is 1. The van der Waals surface area contributed by atoms with Crippen LogP contribution in [0.4, 0.5) is 5.82 Å². The lowest BCUT2D eigenvalue weighted by molar-refractivity contribution is 0.0230. The first-order valence-electron chi connectivity index (χ1n) is 10.2. The number of esters is 1. The Labute approximate surface area is 185 Å². The van der Waals surface area contributed by atoms with E-state index in [1.807, 2.05) is 6.26 Å². The maximum atomic E-state index is 12.8. The molecule has 1 fully saturated rings. The third-order valence-corrected chi connectivity index (χ3v) is 6.26. The fraction of sp³-hybridized carbons (Fsp3) is 0.455. The SMILES string of the molecule is CCOC(=O)c1cnc(SC)nc1N1CCC2(CC1)CC(=O)c1cc(OC)ccc1O2. The van der Waals surface area contributed by atoms with Crippen LogP contribution in [0.25, 0.3) is 0 Å². The number of carbonyl (C=O) groups is 2. The minimum atomic E-state index is -0.547. The van der Waals surface area contributed by atoms with Gasteiger partial charge < -0.3 is 19.1 Å². The van der Waals surface area contributed by atoms with Crippen molar-refractivity contribution >= 4 is 29.3 Å². The van der Waals surface area contributed by atoms with Gasteiger partial charge in [0.15, 0.2) is 10.9 Å². The maximum absolute atomic E-state index is 12.8. The fourth-order valence-corrected chi connectivity index (χ4v) is 4.39. The van der Waals surface area contributed by atoms with Crippen LogP contribution in [0.1, 0.15) is 46.9 Å². The fourth-order valence-electron chi connectivity index (χ4n) is 4.05. The molecular formula is C22H25N3O5S. The average Bonchev–Trinajstić information content (AvgIpc) is 2.79. The molecule has 1 spiro atoms. The van der Waals surface area contributed by atoms with Crippen molar-refractivity contribution in [1.29, 1.82) is 0 Å². The highest BCUT2D eigenvalue weighted by Gasteiger charge is 2.43. The smallest absolute Gasteiger partial charge is 0.343 e. The molecule has 0 aliphatic carbocycles. The molecule has 0 N–H and O–H groups in total. The summed E-state index contributed by atoms with van der Waals surface area (Å²) in [6.45, 7) is 3.27. The Kier molecular flexibility index (Phi) is 6.04. The number of rotatable bonds is 5. The molecule has 164 valence electrons. The Hall–Kier alpha value is -2.81. The molecule has 0 radical (unpaired) electrons. The van der Waals surface area contributed by atoms with Crippen LogP contribution >= 0.6 is 11.8 Å². The molecule has 0 amide bonds. The molecule has 2 aliphatic heterocycles. The second-order valence-electron chi connectivity index (χ2n) is 7.55. The lowest BCUT2D eigenvalue weighted by Gasteiger charge is -2.44. The van der Waals surface area contributed by atoms with Crippen molar-refractivity contribution in [2.45, 2.75) is 36.9 Å². The minimum absolute atomic E-state index is 0.0625. The number of benzene rings is 1. The summed E-state index contributed by atoms with van der Waals surface area (Å²) in [4.78, 5) is 36.1. The number of methoxy groups -OCH3 is 1. The van der Waals surface area contributed by atoms with Crippen molar-refractivity contribution in [2.24, 2.45) is 0 Å². The van der Waals surface area contributed by atoms with Crippen LogP contribution in [-0.4, -0.2) is 60.4 Å². The van der Waals surface area contributed by atoms with Crippen LogP contribution in [0.5, 0.6) is 11.5 Å². The standard InChI is InChI=1S/C22H25N3O5S/c1-4-29-20(27)16-13-23-21(31-3)24-19(16)25-9-7-22(8-10-25)12-17(26)15-11-14(28-2)5-6-18(15)30-22/h5-6,11,13H,4,7-10,12H2,1-3H3. The van der Waals surface area contributed by atoms with Gasteiger partial charge in [0.05, 0.1) is 25.7 Å². The molecule has 2 aromatic rings. The van der Waals surface area contributed by atoms with Crippen LogP contribution in [0, 0.1) is 0 Å². The summed E-state index contributed by atoms with van der Waals surface area (Å²) in [6.07, 6.45) is 5.03. The van der Waals surface area contributed by atoms with Gasteiger partial charge in [0.1, 0.15) is 28.5 Å². The number of hydrogen-bond acceptors (Lipinski definition) is 9. The molecule has 9 heteroatoms. The van der Waals surface area contributed by atoms with Gasteiger partial charge in [-0.05, 0) is 31.4 Å². The van der Waals surface area contributed by atoms with Crippen molar-refractivity contribution in [3.63, 3.8) is 0 Å². The van der Waals surface area contributed by atoms with E-state index in [2.05, 4.69) is 14.9 Å². The highest BCUT2D eigenvalue weighted by atomic mass is 32.2. The van der Waals surface area contributed by atoms with Crippen molar-refractivity contribution in [3.05, 3.63) is 35.5 Å². The quantitative estimate of drug-likeness (QED) is 0.392. The highest BCUT2D eigenvalue weighted by Crippen LogP contribution is 2.41. The first-order chi connectivity index (χ1) is 15.0. The molecule has 2 aliphatic rings. The van der Waals surface area contributed by atoms with Gasteiger partial charge in [0.2, 0.25) is 0 Å². The molecule has 0 bridgehead atoms. The van der Waals surface area contributed by atoms with E-state index < -0.39 is 11.6 Å². The summed E-state index contributed by atoms with van der Waals surface area (Å²) in [6, 6.07) is 5.33. The van der Waals surface area contributed by atoms with Crippen LogP contribution < -0.4 is 14.4 Å². The molecule has 0 saturated carbocycles. The van der Waals surface area contributed by atoms with E-state index in [4.69, 9.17) is 14.2 Å². The molecule has 1 aromatic carbocycles. The molecule has 3 heterocycles. The van der Waals surface area contributed by atoms with Crippen LogP contribution in [0.15, 0.2) is 29.6 Å². The van der Waals surface area contributed by atoms with E-state index in [1.165, 1.54) is 18.0 Å². The number of ketones is 1. The minimum Gasteiger partial charge on any atom is -0.497 e. The summed E-state index contributed by atoms with van der Waals surface area (Å²) in [5, 5.41) is 0.593. The maximum Gasteiger partial charge on any atom is 0.343 e. The molecule has 0 unspecified atom stereocenters. The molecule has 1 aromatic heterocycles. The third-order valence-electron chi connectivity index (χ3n) is 5.69. The molecule has 1 saturated heterocycles. The molecular weight excluding hydrogens is 418 g/mol. The number of hydrogen-bond donors (Lipinski definition) is 0. The van der Waals surface area contributed by atoms with Gasteiger partial charge in [-0.25, -0.2) is 14.8 Å². The Morgan fingerprint density at radius 1 is 1.32 bits per heavy atom. The number of fused-ring (bicyclic) bond motifs is 1. The number of nitrogens with zero attached hydrogens (tertiary/aromatic N) is 3. The molecule has 0 atom stereocenters. The van der Waals surface area contributed by atoms with Crippen molar-refractivity contribution in [1.82, 2.24) is 9.97 Å². The van der Waals surface area contributed by atoms with Crippen LogP contribution in [0.3, 0.4) is 0 Å². The van der Waals surface area contributed by atoms with E-state index >= 15 is 0 Å². The summed E-state index contributed by atoms with van der Waals surface area (Å²) in [5.41, 5.74) is 0.375.